The molecule has 1 heterocycles. The van der Waals surface area contributed by atoms with Crippen LogP contribution in [0.1, 0.15) is 26.7 Å². The number of carbonyl (C=O) groups excluding carboxylic acids is 1. The molecule has 1 saturated heterocycles. The normalized spacial score (nSPS) is 21.0. The van der Waals surface area contributed by atoms with Crippen molar-refractivity contribution >= 4 is 12.0 Å². The molecule has 1 aliphatic heterocycles. The predicted octanol–water partition coefficient (Wildman–Crippen LogP) is 0.929. The molecule has 0 saturated carbocycles. The van der Waals surface area contributed by atoms with Crippen LogP contribution in [0.2, 0.25) is 0 Å². The van der Waals surface area contributed by atoms with Crippen molar-refractivity contribution in [3.8, 4) is 0 Å². The molecule has 1 rings (SSSR count). The fourth-order valence-electron chi connectivity index (χ4n) is 2.51. The lowest BCUT2D eigenvalue weighted by molar-refractivity contribution is -0.137. The van der Waals surface area contributed by atoms with Gasteiger partial charge in [-0.1, -0.05) is 6.92 Å². The Morgan fingerprint density at radius 1 is 1.37 bits per heavy atom. The van der Waals surface area contributed by atoms with Crippen molar-refractivity contribution in [2.75, 3.05) is 39.8 Å². The molecular formula is C13H25N3O3. The van der Waals surface area contributed by atoms with Crippen LogP contribution in [-0.4, -0.2) is 77.6 Å². The summed E-state index contributed by atoms with van der Waals surface area (Å²) in [5.74, 6) is -0.957. The third-order valence-corrected chi connectivity index (χ3v) is 3.38. The Bertz CT molecular complexity index is 322. The van der Waals surface area contributed by atoms with Crippen molar-refractivity contribution in [1.82, 2.24) is 14.7 Å². The molecule has 0 aromatic rings. The molecule has 1 unspecified atom stereocenters. The van der Waals surface area contributed by atoms with E-state index in [0.29, 0.717) is 13.1 Å². The number of aliphatic carboxylic acids is 1. The van der Waals surface area contributed by atoms with Gasteiger partial charge >= 0.3 is 12.0 Å². The molecule has 6 nitrogen and oxygen atoms in total. The number of carbonyl (C=O) groups is 2. The third-order valence-electron chi connectivity index (χ3n) is 3.38. The Morgan fingerprint density at radius 2 is 2.05 bits per heavy atom. The minimum absolute atomic E-state index is 0.119. The number of nitrogens with zero attached hydrogens (tertiary/aromatic N) is 3. The number of carboxylic acid groups (broad SMARTS) is 1. The molecule has 1 aliphatic rings. The second-order valence-corrected chi connectivity index (χ2v) is 5.26. The summed E-state index contributed by atoms with van der Waals surface area (Å²) in [4.78, 5) is 28.8. The molecule has 1 atom stereocenters. The summed E-state index contributed by atoms with van der Waals surface area (Å²) in [6.45, 7) is 6.74. The minimum atomic E-state index is -0.957. The summed E-state index contributed by atoms with van der Waals surface area (Å²) in [6, 6.07) is -0.0276. The topological polar surface area (TPSA) is 64.1 Å². The van der Waals surface area contributed by atoms with Crippen molar-refractivity contribution in [2.24, 2.45) is 0 Å². The van der Waals surface area contributed by atoms with E-state index in [4.69, 9.17) is 5.11 Å². The highest BCUT2D eigenvalue weighted by Crippen LogP contribution is 2.12. The fourth-order valence-corrected chi connectivity index (χ4v) is 2.51. The van der Waals surface area contributed by atoms with Gasteiger partial charge in [-0.05, 0) is 33.4 Å². The first-order valence-corrected chi connectivity index (χ1v) is 6.91. The molecule has 6 heteroatoms. The van der Waals surface area contributed by atoms with E-state index in [0.717, 1.165) is 25.9 Å². The Kier molecular flexibility index (Phi) is 6.08. The molecule has 2 amide bonds. The predicted molar refractivity (Wildman–Crippen MR) is 73.2 cm³/mol. The van der Waals surface area contributed by atoms with Crippen LogP contribution in [0.25, 0.3) is 0 Å². The molecule has 0 spiro atoms. The van der Waals surface area contributed by atoms with E-state index in [9.17, 15) is 9.59 Å². The van der Waals surface area contributed by atoms with Gasteiger partial charge < -0.3 is 19.8 Å². The van der Waals surface area contributed by atoms with Crippen LogP contribution >= 0.6 is 0 Å². The van der Waals surface area contributed by atoms with Crippen LogP contribution in [0.5, 0.6) is 0 Å². The summed E-state index contributed by atoms with van der Waals surface area (Å²) < 4.78 is 0. The Balaban J connectivity index is 2.73. The molecule has 1 fully saturated rings. The monoisotopic (exact) mass is 271 g/mol. The zero-order valence-corrected chi connectivity index (χ0v) is 12.1. The second-order valence-electron chi connectivity index (χ2n) is 5.26. The second kappa shape index (κ2) is 7.33. The average Bonchev–Trinajstić information content (AvgIpc) is 2.48. The zero-order valence-electron chi connectivity index (χ0n) is 12.1. The van der Waals surface area contributed by atoms with Crippen molar-refractivity contribution in [3.05, 3.63) is 0 Å². The van der Waals surface area contributed by atoms with Crippen molar-refractivity contribution in [1.29, 1.82) is 0 Å². The Morgan fingerprint density at radius 3 is 2.63 bits per heavy atom. The van der Waals surface area contributed by atoms with Crippen molar-refractivity contribution in [2.45, 2.75) is 32.7 Å². The Hall–Kier alpha value is -1.30. The maximum Gasteiger partial charge on any atom is 0.323 e. The minimum Gasteiger partial charge on any atom is -0.480 e. The highest BCUT2D eigenvalue weighted by atomic mass is 16.4. The first-order chi connectivity index (χ1) is 8.95. The van der Waals surface area contributed by atoms with Crippen molar-refractivity contribution < 1.29 is 14.7 Å². The van der Waals surface area contributed by atoms with E-state index in [1.54, 1.807) is 0 Å². The fraction of sp³-hybridized carbons (Fsp3) is 0.846. The highest BCUT2D eigenvalue weighted by Gasteiger charge is 2.28. The summed E-state index contributed by atoms with van der Waals surface area (Å²) in [5.41, 5.74) is 0. The first kappa shape index (κ1) is 15.8. The van der Waals surface area contributed by atoms with Gasteiger partial charge in [0.15, 0.2) is 0 Å². The van der Waals surface area contributed by atoms with Gasteiger partial charge in [0.1, 0.15) is 6.54 Å². The van der Waals surface area contributed by atoms with Crippen LogP contribution in [0, 0.1) is 0 Å². The smallest absolute Gasteiger partial charge is 0.323 e. The first-order valence-electron chi connectivity index (χ1n) is 6.91. The standard InChI is InChI=1S/C13H25N3O3/c1-4-6-15(10-12(17)18)13(19)16-8-5-7-14(3)9-11(16)2/h11H,4-10H2,1-3H3,(H,17,18). The lowest BCUT2D eigenvalue weighted by Gasteiger charge is -2.33. The third kappa shape index (κ3) is 4.70. The molecule has 1 N–H and O–H groups in total. The van der Waals surface area contributed by atoms with Crippen LogP contribution in [-0.2, 0) is 4.79 Å². The molecule has 0 radical (unpaired) electrons. The Labute approximate surface area is 115 Å². The zero-order chi connectivity index (χ0) is 14.4. The van der Waals surface area contributed by atoms with Gasteiger partial charge in [-0.2, -0.15) is 0 Å². The number of urea groups is 1. The van der Waals surface area contributed by atoms with Crippen molar-refractivity contribution in [3.63, 3.8) is 0 Å². The summed E-state index contributed by atoms with van der Waals surface area (Å²) in [7, 11) is 2.05. The van der Waals surface area contributed by atoms with Crippen LogP contribution in [0.4, 0.5) is 4.79 Å². The van der Waals surface area contributed by atoms with E-state index in [1.165, 1.54) is 4.90 Å². The summed E-state index contributed by atoms with van der Waals surface area (Å²) in [5, 5.41) is 8.90. The number of hydrogen-bond acceptors (Lipinski definition) is 3. The SMILES string of the molecule is CCCN(CC(=O)O)C(=O)N1CCCN(C)CC1C. The quantitative estimate of drug-likeness (QED) is 0.826. The van der Waals surface area contributed by atoms with Gasteiger partial charge in [-0.25, -0.2) is 4.79 Å². The largest absolute Gasteiger partial charge is 0.480 e. The summed E-state index contributed by atoms with van der Waals surface area (Å²) >= 11 is 0. The van der Waals surface area contributed by atoms with Gasteiger partial charge in [0, 0.05) is 25.7 Å². The van der Waals surface area contributed by atoms with Gasteiger partial charge in [0.25, 0.3) is 0 Å². The highest BCUT2D eigenvalue weighted by molar-refractivity contribution is 5.80. The van der Waals surface area contributed by atoms with Crippen LogP contribution in [0.3, 0.4) is 0 Å². The molecule has 110 valence electrons. The van der Waals surface area contributed by atoms with Crippen LogP contribution in [0.15, 0.2) is 0 Å². The van der Waals surface area contributed by atoms with Gasteiger partial charge in [-0.3, -0.25) is 4.79 Å². The molecule has 0 bridgehead atoms. The van der Waals surface area contributed by atoms with E-state index in [1.807, 2.05) is 25.8 Å². The maximum atomic E-state index is 12.5. The van der Waals surface area contributed by atoms with E-state index in [-0.39, 0.29) is 18.6 Å². The molecule has 19 heavy (non-hydrogen) atoms. The van der Waals surface area contributed by atoms with E-state index >= 15 is 0 Å². The molecule has 0 aliphatic carbocycles. The summed E-state index contributed by atoms with van der Waals surface area (Å²) in [6.07, 6.45) is 1.70. The number of carboxylic acids is 1. The van der Waals surface area contributed by atoms with Crippen LogP contribution < -0.4 is 0 Å². The van der Waals surface area contributed by atoms with E-state index in [2.05, 4.69) is 4.90 Å². The molecule has 0 aromatic heterocycles. The number of rotatable bonds is 4. The number of hydrogen-bond donors (Lipinski definition) is 1. The molecular weight excluding hydrogens is 246 g/mol. The van der Waals surface area contributed by atoms with Gasteiger partial charge in [0.05, 0.1) is 0 Å². The lowest BCUT2D eigenvalue weighted by atomic mass is 10.3. The maximum absolute atomic E-state index is 12.5. The lowest BCUT2D eigenvalue weighted by Crippen LogP contribution is -2.50. The van der Waals surface area contributed by atoms with Gasteiger partial charge in [-0.15, -0.1) is 0 Å². The average molecular weight is 271 g/mol. The number of amides is 2. The molecule has 0 aromatic carbocycles. The number of likely N-dealkylation sites (N-methyl/N-ethyl adjacent to an activating group) is 1. The van der Waals surface area contributed by atoms with Gasteiger partial charge in [0.2, 0.25) is 0 Å². The van der Waals surface area contributed by atoms with E-state index < -0.39 is 5.97 Å².